The standard InChI is InChI=1S/C27H24F6N4O4/c1-3-6-16-13-17(25(40,26(28,29)30)27(31,32)33)8-9-20(16)41-19-10-12-34-18(14-19)15-37-22(38)24(2,36-23(37)39)21-7-4-5-11-35-21/h4-5,7-14,40H,3,6,15H2,1-2H3,(H,36,39). The second kappa shape index (κ2) is 10.7. The Labute approximate surface area is 230 Å². The van der Waals surface area contributed by atoms with Crippen molar-refractivity contribution < 1.29 is 45.8 Å². The van der Waals surface area contributed by atoms with Gasteiger partial charge in [-0.3, -0.25) is 19.7 Å². The second-order valence-corrected chi connectivity index (χ2v) is 9.52. The average Bonchev–Trinajstić information content (AvgIpc) is 3.12. The maximum atomic E-state index is 13.4. The highest BCUT2D eigenvalue weighted by atomic mass is 19.4. The number of aryl methyl sites for hydroxylation is 1. The topological polar surface area (TPSA) is 105 Å². The van der Waals surface area contributed by atoms with Crippen LogP contribution >= 0.6 is 0 Å². The van der Waals surface area contributed by atoms with E-state index in [1.54, 1.807) is 25.1 Å². The molecule has 1 aliphatic rings. The smallest absolute Gasteiger partial charge is 0.430 e. The van der Waals surface area contributed by atoms with Crippen LogP contribution in [-0.4, -0.2) is 44.3 Å². The largest absolute Gasteiger partial charge is 0.457 e. The molecular formula is C27H24F6N4O4. The number of amides is 3. The summed E-state index contributed by atoms with van der Waals surface area (Å²) in [6.07, 6.45) is -8.87. The Morgan fingerprint density at radius 3 is 2.29 bits per heavy atom. The molecule has 1 aromatic carbocycles. The number of hydrogen-bond donors (Lipinski definition) is 2. The van der Waals surface area contributed by atoms with Crippen molar-refractivity contribution in [1.29, 1.82) is 0 Å². The van der Waals surface area contributed by atoms with Crippen molar-refractivity contribution in [2.75, 3.05) is 0 Å². The molecule has 218 valence electrons. The third-order valence-corrected chi connectivity index (χ3v) is 6.61. The number of nitrogens with one attached hydrogen (secondary N) is 1. The van der Waals surface area contributed by atoms with Crippen molar-refractivity contribution in [1.82, 2.24) is 20.2 Å². The molecule has 3 heterocycles. The number of alkyl halides is 6. The first-order valence-electron chi connectivity index (χ1n) is 12.3. The molecule has 1 fully saturated rings. The van der Waals surface area contributed by atoms with Crippen LogP contribution in [0.25, 0.3) is 0 Å². The van der Waals surface area contributed by atoms with Crippen LogP contribution in [0, 0.1) is 0 Å². The number of rotatable bonds is 8. The van der Waals surface area contributed by atoms with Gasteiger partial charge >= 0.3 is 18.4 Å². The molecule has 1 unspecified atom stereocenters. The molecule has 1 atom stereocenters. The summed E-state index contributed by atoms with van der Waals surface area (Å²) in [6.45, 7) is 2.92. The zero-order valence-electron chi connectivity index (χ0n) is 21.7. The molecule has 0 aliphatic carbocycles. The Balaban J connectivity index is 1.60. The van der Waals surface area contributed by atoms with Crippen molar-refractivity contribution in [3.63, 3.8) is 0 Å². The van der Waals surface area contributed by atoms with Gasteiger partial charge in [-0.2, -0.15) is 26.3 Å². The third kappa shape index (κ3) is 5.43. The summed E-state index contributed by atoms with van der Waals surface area (Å²) >= 11 is 0. The minimum atomic E-state index is -6.02. The van der Waals surface area contributed by atoms with E-state index in [2.05, 4.69) is 15.3 Å². The molecule has 3 aromatic rings. The SMILES string of the molecule is CCCc1cc(C(O)(C(F)(F)F)C(F)(F)F)ccc1Oc1ccnc(CN2C(=O)NC(C)(c3ccccn3)C2=O)c1. The number of benzene rings is 1. The number of aromatic nitrogens is 2. The van der Waals surface area contributed by atoms with Crippen molar-refractivity contribution in [2.24, 2.45) is 0 Å². The minimum absolute atomic E-state index is 0.00415. The summed E-state index contributed by atoms with van der Waals surface area (Å²) in [5.41, 5.74) is -7.32. The fraction of sp³-hybridized carbons (Fsp3) is 0.333. The molecule has 14 heteroatoms. The molecule has 8 nitrogen and oxygen atoms in total. The van der Waals surface area contributed by atoms with Crippen LogP contribution in [-0.2, 0) is 28.9 Å². The number of pyridine rings is 2. The summed E-state index contributed by atoms with van der Waals surface area (Å²) in [5.74, 6) is -0.518. The van der Waals surface area contributed by atoms with Crippen LogP contribution in [0.3, 0.4) is 0 Å². The van der Waals surface area contributed by atoms with Gasteiger partial charge in [-0.15, -0.1) is 0 Å². The lowest BCUT2D eigenvalue weighted by Crippen LogP contribution is -2.53. The number of halogens is 6. The summed E-state index contributed by atoms with van der Waals surface area (Å²) in [7, 11) is 0. The maximum Gasteiger partial charge on any atom is 0.430 e. The number of nitrogens with zero attached hydrogens (tertiary/aromatic N) is 3. The Morgan fingerprint density at radius 1 is 0.976 bits per heavy atom. The van der Waals surface area contributed by atoms with E-state index in [0.29, 0.717) is 24.2 Å². The van der Waals surface area contributed by atoms with Crippen LogP contribution < -0.4 is 10.1 Å². The number of carbonyl (C=O) groups excluding carboxylic acids is 2. The first-order chi connectivity index (χ1) is 19.1. The van der Waals surface area contributed by atoms with Crippen LogP contribution in [0.15, 0.2) is 60.9 Å². The molecular weight excluding hydrogens is 558 g/mol. The maximum absolute atomic E-state index is 13.4. The highest BCUT2D eigenvalue weighted by Gasteiger charge is 2.71. The Kier molecular flexibility index (Phi) is 7.74. The summed E-state index contributed by atoms with van der Waals surface area (Å²) in [5, 5.41) is 12.4. The molecule has 1 aliphatic heterocycles. The summed E-state index contributed by atoms with van der Waals surface area (Å²) in [4.78, 5) is 35.0. The normalized spacial score (nSPS) is 18.0. The zero-order valence-corrected chi connectivity index (χ0v) is 21.7. The molecule has 0 spiro atoms. The lowest BCUT2D eigenvalue weighted by atomic mass is 9.90. The molecule has 1 saturated heterocycles. The highest BCUT2D eigenvalue weighted by Crippen LogP contribution is 2.50. The van der Waals surface area contributed by atoms with Crippen LogP contribution in [0.4, 0.5) is 31.1 Å². The molecule has 0 bridgehead atoms. The van der Waals surface area contributed by atoms with E-state index in [-0.39, 0.29) is 35.7 Å². The number of ether oxygens (including phenoxy) is 1. The molecule has 2 aromatic heterocycles. The Bertz CT molecular complexity index is 1430. The van der Waals surface area contributed by atoms with E-state index >= 15 is 0 Å². The number of urea groups is 1. The van der Waals surface area contributed by atoms with Gasteiger partial charge in [0.1, 0.15) is 11.5 Å². The molecule has 0 radical (unpaired) electrons. The van der Waals surface area contributed by atoms with Crippen molar-refractivity contribution in [3.05, 3.63) is 83.4 Å². The third-order valence-electron chi connectivity index (χ3n) is 6.61. The van der Waals surface area contributed by atoms with Gasteiger partial charge in [-0.25, -0.2) is 4.79 Å². The molecule has 0 saturated carbocycles. The quantitative estimate of drug-likeness (QED) is 0.269. The van der Waals surface area contributed by atoms with Crippen molar-refractivity contribution in [3.8, 4) is 11.5 Å². The van der Waals surface area contributed by atoms with Crippen LogP contribution in [0.1, 0.15) is 42.8 Å². The first kappa shape index (κ1) is 29.8. The number of imide groups is 1. The van der Waals surface area contributed by atoms with Gasteiger partial charge < -0.3 is 15.2 Å². The Morgan fingerprint density at radius 2 is 1.68 bits per heavy atom. The number of aliphatic hydroxyl groups is 1. The minimum Gasteiger partial charge on any atom is -0.457 e. The molecule has 2 N–H and O–H groups in total. The lowest BCUT2D eigenvalue weighted by Gasteiger charge is -2.33. The van der Waals surface area contributed by atoms with Crippen LogP contribution in [0.2, 0.25) is 0 Å². The number of carbonyl (C=O) groups is 2. The Hall–Kier alpha value is -4.20. The molecule has 4 rings (SSSR count). The van der Waals surface area contributed by atoms with Gasteiger partial charge in [0.2, 0.25) is 0 Å². The van der Waals surface area contributed by atoms with Crippen molar-refractivity contribution >= 4 is 11.9 Å². The molecule has 41 heavy (non-hydrogen) atoms. The lowest BCUT2D eigenvalue weighted by molar-refractivity contribution is -0.376. The fourth-order valence-corrected chi connectivity index (χ4v) is 4.42. The summed E-state index contributed by atoms with van der Waals surface area (Å²) in [6, 6.07) is 9.05. The summed E-state index contributed by atoms with van der Waals surface area (Å²) < 4.78 is 86.1. The van der Waals surface area contributed by atoms with E-state index < -0.39 is 41.0 Å². The fourth-order valence-electron chi connectivity index (χ4n) is 4.42. The van der Waals surface area contributed by atoms with Gasteiger partial charge in [0.15, 0.2) is 5.54 Å². The van der Waals surface area contributed by atoms with Gasteiger partial charge in [0, 0.05) is 24.0 Å². The van der Waals surface area contributed by atoms with Crippen LogP contribution in [0.5, 0.6) is 11.5 Å². The number of hydrogen-bond acceptors (Lipinski definition) is 6. The van der Waals surface area contributed by atoms with Crippen molar-refractivity contribution in [2.45, 2.75) is 56.7 Å². The highest BCUT2D eigenvalue weighted by molar-refractivity contribution is 6.06. The molecule has 3 amide bonds. The second-order valence-electron chi connectivity index (χ2n) is 9.52. The first-order valence-corrected chi connectivity index (χ1v) is 12.3. The van der Waals surface area contributed by atoms with Gasteiger partial charge in [0.05, 0.1) is 17.9 Å². The van der Waals surface area contributed by atoms with E-state index in [0.717, 1.165) is 11.0 Å². The van der Waals surface area contributed by atoms with Gasteiger partial charge in [-0.05, 0) is 49.2 Å². The zero-order chi connectivity index (χ0) is 30.2. The predicted molar refractivity (Wildman–Crippen MR) is 131 cm³/mol. The van der Waals surface area contributed by atoms with Gasteiger partial charge in [0.25, 0.3) is 11.5 Å². The van der Waals surface area contributed by atoms with Gasteiger partial charge in [-0.1, -0.05) is 25.5 Å². The monoisotopic (exact) mass is 582 g/mol. The van der Waals surface area contributed by atoms with E-state index in [1.165, 1.54) is 31.5 Å². The van der Waals surface area contributed by atoms with E-state index in [9.17, 15) is 41.0 Å². The predicted octanol–water partition coefficient (Wildman–Crippen LogP) is 5.50. The average molecular weight is 583 g/mol. The van der Waals surface area contributed by atoms with E-state index in [1.807, 2.05) is 0 Å². The van der Waals surface area contributed by atoms with E-state index in [4.69, 9.17) is 4.74 Å².